The Bertz CT molecular complexity index is 2180. The number of hydrogen-bond donors (Lipinski definition) is 1. The number of rotatable bonds is 5. The van der Waals surface area contributed by atoms with E-state index in [1.807, 2.05) is 99.4 Å². The molecule has 0 unspecified atom stereocenters. The number of hydrazine groups is 2. The summed E-state index contributed by atoms with van der Waals surface area (Å²) in [4.78, 5) is 13.2. The Morgan fingerprint density at radius 3 is 2.50 bits per heavy atom. The number of nitrogens with zero attached hydrogens (tertiary/aromatic N) is 7. The fourth-order valence-electron chi connectivity index (χ4n) is 5.31. The number of aromatic amines is 1. The molecule has 42 heavy (non-hydrogen) atoms. The second-order valence-corrected chi connectivity index (χ2v) is 10.4. The Labute approximate surface area is 240 Å². The zero-order valence-electron chi connectivity index (χ0n) is 21.6. The summed E-state index contributed by atoms with van der Waals surface area (Å²) < 4.78 is 17.7. The van der Waals surface area contributed by atoms with Gasteiger partial charge in [-0.15, -0.1) is 16.5 Å². The molecule has 0 aliphatic carbocycles. The highest BCUT2D eigenvalue weighted by Crippen LogP contribution is 2.48. The van der Waals surface area contributed by atoms with E-state index in [1.165, 1.54) is 17.6 Å². The fourth-order valence-corrected chi connectivity index (χ4v) is 5.94. The van der Waals surface area contributed by atoms with Gasteiger partial charge in [0.15, 0.2) is 17.2 Å². The van der Waals surface area contributed by atoms with E-state index in [-0.39, 0.29) is 0 Å². The summed E-state index contributed by atoms with van der Waals surface area (Å²) in [6, 6.07) is 27.3. The van der Waals surface area contributed by atoms with E-state index in [2.05, 4.69) is 15.3 Å². The van der Waals surface area contributed by atoms with Gasteiger partial charge in [-0.3, -0.25) is 0 Å². The zero-order valence-corrected chi connectivity index (χ0v) is 22.4. The van der Waals surface area contributed by atoms with Gasteiger partial charge >= 0.3 is 0 Å². The maximum atomic E-state index is 6.50. The van der Waals surface area contributed by atoms with Crippen molar-refractivity contribution in [3.63, 3.8) is 0 Å². The number of hydrogen-bond acceptors (Lipinski definition) is 11. The highest BCUT2D eigenvalue weighted by atomic mass is 32.1. The molecule has 0 saturated carbocycles. The van der Waals surface area contributed by atoms with Crippen molar-refractivity contribution in [3.8, 4) is 0 Å². The average molecular weight is 571 g/mol. The zero-order chi connectivity index (χ0) is 27.6. The van der Waals surface area contributed by atoms with Crippen molar-refractivity contribution in [1.82, 2.24) is 25.3 Å². The summed E-state index contributed by atoms with van der Waals surface area (Å²) in [6.45, 7) is 0. The van der Waals surface area contributed by atoms with Crippen LogP contribution in [0.3, 0.4) is 0 Å². The second-order valence-electron chi connectivity index (χ2n) is 9.53. The third-order valence-corrected chi connectivity index (χ3v) is 7.83. The predicted molar refractivity (Wildman–Crippen MR) is 159 cm³/mol. The highest BCUT2D eigenvalue weighted by molar-refractivity contribution is 7.13. The summed E-state index contributed by atoms with van der Waals surface area (Å²) >= 11 is 1.46. The van der Waals surface area contributed by atoms with Gasteiger partial charge in [-0.25, -0.2) is 15.0 Å². The molecule has 9 rings (SSSR count). The number of anilines is 3. The number of fused-ring (bicyclic) bond motifs is 3. The van der Waals surface area contributed by atoms with Gasteiger partial charge in [-0.1, -0.05) is 52.8 Å². The normalized spacial score (nSPS) is 14.0. The first-order valence-corrected chi connectivity index (χ1v) is 13.9. The number of para-hydroxylation sites is 4. The summed E-state index contributed by atoms with van der Waals surface area (Å²) in [5.74, 6) is 1.63. The van der Waals surface area contributed by atoms with Crippen LogP contribution in [0.1, 0.15) is 11.5 Å². The molecule has 11 nitrogen and oxygen atoms in total. The number of H-pyrrole nitrogens is 1. The Balaban J connectivity index is 1.42. The van der Waals surface area contributed by atoms with E-state index in [0.717, 1.165) is 27.4 Å². The fraction of sp³-hybridized carbons (Fsp3) is 0. The molecule has 3 aromatic carbocycles. The van der Waals surface area contributed by atoms with Gasteiger partial charge in [-0.2, -0.15) is 5.01 Å². The van der Waals surface area contributed by atoms with Gasteiger partial charge < -0.3 is 18.4 Å². The van der Waals surface area contributed by atoms with Gasteiger partial charge in [0.05, 0.1) is 16.4 Å². The molecule has 5 aromatic heterocycles. The monoisotopic (exact) mass is 570 g/mol. The van der Waals surface area contributed by atoms with E-state index in [4.69, 9.17) is 23.4 Å². The maximum Gasteiger partial charge on any atom is 0.226 e. The molecule has 1 aliphatic rings. The van der Waals surface area contributed by atoms with Gasteiger partial charge in [-0.05, 0) is 30.3 Å². The van der Waals surface area contributed by atoms with Crippen molar-refractivity contribution >= 4 is 72.5 Å². The number of thiazole rings is 1. The first-order valence-electron chi connectivity index (χ1n) is 13.1. The van der Waals surface area contributed by atoms with Crippen LogP contribution in [0.25, 0.3) is 44.4 Å². The third kappa shape index (κ3) is 3.32. The minimum absolute atomic E-state index is 0.500. The van der Waals surface area contributed by atoms with Crippen LogP contribution in [0.15, 0.2) is 116 Å². The van der Waals surface area contributed by atoms with Crippen molar-refractivity contribution in [1.29, 1.82) is 0 Å². The van der Waals surface area contributed by atoms with Crippen LogP contribution in [0.5, 0.6) is 0 Å². The van der Waals surface area contributed by atoms with Crippen LogP contribution in [0.4, 0.5) is 16.8 Å². The van der Waals surface area contributed by atoms with Crippen LogP contribution in [0, 0.1) is 0 Å². The second kappa shape index (κ2) is 8.81. The molecule has 8 aromatic rings. The topological polar surface area (TPSA) is 116 Å². The van der Waals surface area contributed by atoms with Gasteiger partial charge in [0.2, 0.25) is 11.0 Å². The number of aromatic nitrogens is 5. The smallest absolute Gasteiger partial charge is 0.226 e. The van der Waals surface area contributed by atoms with Crippen LogP contribution in [-0.2, 0) is 0 Å². The molecule has 0 radical (unpaired) electrons. The average Bonchev–Trinajstić information content (AvgIpc) is 3.86. The molecule has 0 amide bonds. The molecular formula is C30H18N8O3S. The predicted octanol–water partition coefficient (Wildman–Crippen LogP) is 7.08. The lowest BCUT2D eigenvalue weighted by atomic mass is 10.1. The van der Waals surface area contributed by atoms with Gasteiger partial charge in [0, 0.05) is 29.1 Å². The molecular weight excluding hydrogens is 552 g/mol. The first-order chi connectivity index (χ1) is 20.8. The highest BCUT2D eigenvalue weighted by Gasteiger charge is 2.46. The molecule has 0 fully saturated rings. The summed E-state index contributed by atoms with van der Waals surface area (Å²) in [7, 11) is 0. The van der Waals surface area contributed by atoms with Gasteiger partial charge in [0.1, 0.15) is 28.9 Å². The standard InChI is InChI=1S/C30H18N8O3S/c1-5-11-22-18(7-1)17-25(40-22)37-28(29-32-20-9-3-4-10-21(20)33-29)27(26-19-8-2-6-12-23(19)41-35-26)36(24-13-15-39-34-24)38(37)30-31-14-16-42-30/h1-17H,(H,32,33). The van der Waals surface area contributed by atoms with Crippen molar-refractivity contribution in [2.75, 3.05) is 15.1 Å². The van der Waals surface area contributed by atoms with E-state index >= 15 is 0 Å². The summed E-state index contributed by atoms with van der Waals surface area (Å²) in [5.41, 5.74) is 4.97. The van der Waals surface area contributed by atoms with Crippen LogP contribution >= 0.6 is 11.3 Å². The van der Waals surface area contributed by atoms with E-state index in [1.54, 1.807) is 12.3 Å². The number of furan rings is 1. The molecule has 202 valence electrons. The molecule has 0 spiro atoms. The number of nitrogens with one attached hydrogen (secondary N) is 1. The Kier molecular flexibility index (Phi) is 4.80. The lowest BCUT2D eigenvalue weighted by Gasteiger charge is -2.33. The molecule has 1 aliphatic heterocycles. The Morgan fingerprint density at radius 1 is 0.810 bits per heavy atom. The van der Waals surface area contributed by atoms with E-state index in [0.29, 0.717) is 45.3 Å². The van der Waals surface area contributed by atoms with Crippen molar-refractivity contribution in [2.24, 2.45) is 0 Å². The Morgan fingerprint density at radius 2 is 1.67 bits per heavy atom. The molecule has 1 N–H and O–H groups in total. The van der Waals surface area contributed by atoms with E-state index < -0.39 is 0 Å². The van der Waals surface area contributed by atoms with Crippen LogP contribution in [-0.4, -0.2) is 25.3 Å². The third-order valence-electron chi connectivity index (χ3n) is 7.10. The number of benzene rings is 3. The lowest BCUT2D eigenvalue weighted by molar-refractivity contribution is 0.420. The van der Waals surface area contributed by atoms with Crippen LogP contribution in [0.2, 0.25) is 0 Å². The summed E-state index contributed by atoms with van der Waals surface area (Å²) in [6.07, 6.45) is 3.28. The molecule has 0 atom stereocenters. The molecule has 0 bridgehead atoms. The van der Waals surface area contributed by atoms with Crippen molar-refractivity contribution in [2.45, 2.75) is 0 Å². The van der Waals surface area contributed by atoms with E-state index in [9.17, 15) is 0 Å². The minimum Gasteiger partial charge on any atom is -0.438 e. The Hall–Kier alpha value is -5.88. The van der Waals surface area contributed by atoms with Crippen molar-refractivity contribution in [3.05, 3.63) is 114 Å². The van der Waals surface area contributed by atoms with Crippen LogP contribution < -0.4 is 15.1 Å². The first kappa shape index (κ1) is 22.9. The van der Waals surface area contributed by atoms with Gasteiger partial charge in [0.25, 0.3) is 0 Å². The largest absolute Gasteiger partial charge is 0.438 e. The number of imidazole rings is 1. The quantitative estimate of drug-likeness (QED) is 0.230. The summed E-state index contributed by atoms with van der Waals surface area (Å²) in [5, 5.41) is 19.0. The lowest BCUT2D eigenvalue weighted by Crippen LogP contribution is -2.47. The maximum absolute atomic E-state index is 6.50. The SMILES string of the molecule is c1ccc2oc(N3C(c4nc5ccccc5[nH]4)=C(c4noc5ccccc45)N(c4ccon4)N3c3nccs3)cc2c1. The minimum atomic E-state index is 0.500. The molecule has 12 heteroatoms. The molecule has 6 heterocycles. The molecule has 0 saturated heterocycles. The van der Waals surface area contributed by atoms with Crippen molar-refractivity contribution < 1.29 is 13.5 Å².